The van der Waals surface area contributed by atoms with E-state index in [0.29, 0.717) is 29.6 Å². The third-order valence-electron chi connectivity index (χ3n) is 5.20. The van der Waals surface area contributed by atoms with Gasteiger partial charge in [-0.25, -0.2) is 5.10 Å². The normalized spacial score (nSPS) is 12.1. The summed E-state index contributed by atoms with van der Waals surface area (Å²) in [7, 11) is 0. The lowest BCUT2D eigenvalue weighted by molar-refractivity contribution is -0.133. The summed E-state index contributed by atoms with van der Waals surface area (Å²) in [5, 5.41) is 10.0. The first kappa shape index (κ1) is 20.0. The van der Waals surface area contributed by atoms with Gasteiger partial charge in [0, 0.05) is 16.5 Å². The number of hydrogen-bond donors (Lipinski definition) is 1. The van der Waals surface area contributed by atoms with E-state index >= 15 is 0 Å². The predicted molar refractivity (Wildman–Crippen MR) is 118 cm³/mol. The Kier molecular flexibility index (Phi) is 5.72. The van der Waals surface area contributed by atoms with Crippen LogP contribution in [0.4, 0.5) is 0 Å². The average molecular weight is 419 g/mol. The Labute approximate surface area is 178 Å². The van der Waals surface area contributed by atoms with Crippen LogP contribution in [0.25, 0.3) is 10.8 Å². The van der Waals surface area contributed by atoms with Crippen molar-refractivity contribution in [3.05, 3.63) is 92.3 Å². The van der Waals surface area contributed by atoms with Gasteiger partial charge >= 0.3 is 0 Å². The number of fused-ring (bicyclic) bond motifs is 1. The van der Waals surface area contributed by atoms with Crippen molar-refractivity contribution in [1.82, 2.24) is 20.1 Å². The minimum absolute atomic E-state index is 0.0573. The molecule has 0 aliphatic heterocycles. The molecule has 3 aromatic heterocycles. The van der Waals surface area contributed by atoms with Gasteiger partial charge in [-0.05, 0) is 49.1 Å². The second-order valence-electron chi connectivity index (χ2n) is 7.25. The number of amides is 1. The summed E-state index contributed by atoms with van der Waals surface area (Å²) < 4.78 is 0. The van der Waals surface area contributed by atoms with Gasteiger partial charge < -0.3 is 4.90 Å². The molecule has 1 N–H and O–H groups in total. The summed E-state index contributed by atoms with van der Waals surface area (Å²) >= 11 is 1.64. The van der Waals surface area contributed by atoms with Crippen LogP contribution in [0, 0.1) is 6.92 Å². The van der Waals surface area contributed by atoms with Crippen LogP contribution in [0.1, 0.15) is 34.7 Å². The number of rotatable bonds is 6. The van der Waals surface area contributed by atoms with Gasteiger partial charge in [-0.2, -0.15) is 5.10 Å². The van der Waals surface area contributed by atoms with Crippen molar-refractivity contribution in [3.8, 4) is 0 Å². The van der Waals surface area contributed by atoms with Gasteiger partial charge in [-0.3, -0.25) is 14.6 Å². The fourth-order valence-corrected chi connectivity index (χ4v) is 4.42. The molecule has 152 valence electrons. The second kappa shape index (κ2) is 8.59. The van der Waals surface area contributed by atoms with Gasteiger partial charge in [-0.1, -0.05) is 24.3 Å². The zero-order valence-corrected chi connectivity index (χ0v) is 17.6. The quantitative estimate of drug-likeness (QED) is 0.513. The maximum Gasteiger partial charge on any atom is 0.272 e. The van der Waals surface area contributed by atoms with Crippen LogP contribution in [0.5, 0.6) is 0 Å². The van der Waals surface area contributed by atoms with Crippen molar-refractivity contribution < 1.29 is 4.79 Å². The summed E-state index contributed by atoms with van der Waals surface area (Å²) in [5.41, 5.74) is 2.31. The molecule has 0 fully saturated rings. The number of thiophene rings is 1. The highest BCUT2D eigenvalue weighted by atomic mass is 32.1. The summed E-state index contributed by atoms with van der Waals surface area (Å²) in [6, 6.07) is 15.0. The molecule has 0 aliphatic carbocycles. The molecule has 0 aliphatic rings. The third kappa shape index (κ3) is 4.02. The van der Waals surface area contributed by atoms with E-state index in [4.69, 9.17) is 0 Å². The van der Waals surface area contributed by atoms with E-state index < -0.39 is 5.92 Å². The molecule has 0 saturated carbocycles. The number of benzene rings is 1. The van der Waals surface area contributed by atoms with E-state index in [0.717, 1.165) is 10.6 Å². The number of hydrogen-bond acceptors (Lipinski definition) is 5. The Morgan fingerprint density at radius 2 is 1.87 bits per heavy atom. The molecular formula is C23H22N4O2S. The maximum absolute atomic E-state index is 13.6. The van der Waals surface area contributed by atoms with Crippen LogP contribution in [0.2, 0.25) is 0 Å². The Hall–Kier alpha value is -3.32. The maximum atomic E-state index is 13.6. The van der Waals surface area contributed by atoms with Crippen molar-refractivity contribution >= 4 is 28.0 Å². The largest absolute Gasteiger partial charge is 0.331 e. The van der Waals surface area contributed by atoms with Crippen molar-refractivity contribution in [2.75, 3.05) is 0 Å². The fraction of sp³-hybridized carbons (Fsp3) is 0.217. The molecule has 6 nitrogen and oxygen atoms in total. The van der Waals surface area contributed by atoms with Crippen LogP contribution in [0.3, 0.4) is 0 Å². The van der Waals surface area contributed by atoms with Gasteiger partial charge in [0.2, 0.25) is 5.91 Å². The number of aromatic amines is 1. The van der Waals surface area contributed by atoms with Gasteiger partial charge in [0.15, 0.2) is 0 Å². The summed E-state index contributed by atoms with van der Waals surface area (Å²) in [4.78, 5) is 33.1. The highest BCUT2D eigenvalue weighted by Gasteiger charge is 2.26. The number of carbonyl (C=O) groups excluding carboxylic acids is 1. The number of pyridine rings is 1. The zero-order valence-electron chi connectivity index (χ0n) is 16.8. The fourth-order valence-electron chi connectivity index (χ4n) is 3.50. The van der Waals surface area contributed by atoms with Crippen molar-refractivity contribution in [1.29, 1.82) is 0 Å². The zero-order chi connectivity index (χ0) is 21.1. The highest BCUT2D eigenvalue weighted by Crippen LogP contribution is 2.26. The lowest BCUT2D eigenvalue weighted by Gasteiger charge is -2.25. The molecule has 4 rings (SSSR count). The molecule has 4 aromatic rings. The van der Waals surface area contributed by atoms with E-state index in [1.165, 1.54) is 5.56 Å². The van der Waals surface area contributed by atoms with Gasteiger partial charge in [0.25, 0.3) is 5.56 Å². The first-order valence-electron chi connectivity index (χ1n) is 9.73. The van der Waals surface area contributed by atoms with Gasteiger partial charge in [-0.15, -0.1) is 11.3 Å². The number of nitrogens with one attached hydrogen (secondary N) is 1. The Bertz CT molecular complexity index is 1230. The molecule has 1 aromatic carbocycles. The number of aryl methyl sites for hydroxylation is 1. The average Bonchev–Trinajstić information content (AvgIpc) is 3.18. The third-order valence-corrected chi connectivity index (χ3v) is 6.21. The van der Waals surface area contributed by atoms with Crippen LogP contribution in [-0.2, 0) is 17.9 Å². The van der Waals surface area contributed by atoms with E-state index in [9.17, 15) is 9.59 Å². The molecule has 1 atom stereocenters. The summed E-state index contributed by atoms with van der Waals surface area (Å²) in [6.45, 7) is 4.80. The van der Waals surface area contributed by atoms with Crippen LogP contribution in [0.15, 0.2) is 64.9 Å². The number of H-pyrrole nitrogens is 1. The van der Waals surface area contributed by atoms with E-state index in [1.54, 1.807) is 29.7 Å². The van der Waals surface area contributed by atoms with Crippen LogP contribution < -0.4 is 5.56 Å². The van der Waals surface area contributed by atoms with E-state index in [-0.39, 0.29) is 11.5 Å². The summed E-state index contributed by atoms with van der Waals surface area (Å²) in [6.07, 6.45) is 1.73. The monoisotopic (exact) mass is 418 g/mol. The smallest absolute Gasteiger partial charge is 0.272 e. The molecule has 30 heavy (non-hydrogen) atoms. The Balaban J connectivity index is 1.69. The molecule has 7 heteroatoms. The van der Waals surface area contributed by atoms with Crippen molar-refractivity contribution in [2.45, 2.75) is 32.9 Å². The Morgan fingerprint density at radius 1 is 1.10 bits per heavy atom. The minimum atomic E-state index is -0.518. The first-order valence-corrected chi connectivity index (χ1v) is 10.6. The molecule has 0 saturated heterocycles. The molecule has 0 radical (unpaired) electrons. The van der Waals surface area contributed by atoms with Crippen molar-refractivity contribution in [3.63, 3.8) is 0 Å². The number of nitrogens with zero attached hydrogens (tertiary/aromatic N) is 3. The topological polar surface area (TPSA) is 79.0 Å². The standard InChI is InChI=1S/C23H22N4O2S/c1-15-10-12-30-20(15)14-27(13-17-7-5-6-11-24-17)23(29)16(2)21-18-8-3-4-9-19(18)22(28)26-25-21/h3-12,16H,13-14H2,1-2H3,(H,26,28). The molecule has 1 amide bonds. The van der Waals surface area contributed by atoms with E-state index in [1.807, 2.05) is 47.5 Å². The minimum Gasteiger partial charge on any atom is -0.331 e. The second-order valence-corrected chi connectivity index (χ2v) is 8.25. The van der Waals surface area contributed by atoms with E-state index in [2.05, 4.69) is 28.2 Å². The predicted octanol–water partition coefficient (Wildman–Crippen LogP) is 4.02. The van der Waals surface area contributed by atoms with Crippen LogP contribution in [-0.4, -0.2) is 26.0 Å². The van der Waals surface area contributed by atoms with Crippen LogP contribution >= 0.6 is 11.3 Å². The molecule has 0 spiro atoms. The van der Waals surface area contributed by atoms with Crippen molar-refractivity contribution in [2.24, 2.45) is 0 Å². The first-order chi connectivity index (χ1) is 14.5. The number of carbonyl (C=O) groups is 1. The molecule has 0 bridgehead atoms. The highest BCUT2D eigenvalue weighted by molar-refractivity contribution is 7.10. The van der Waals surface area contributed by atoms with Gasteiger partial charge in [0.1, 0.15) is 0 Å². The Morgan fingerprint density at radius 3 is 2.57 bits per heavy atom. The molecule has 3 heterocycles. The lowest BCUT2D eigenvalue weighted by Crippen LogP contribution is -2.34. The van der Waals surface area contributed by atoms with Gasteiger partial charge in [0.05, 0.1) is 35.8 Å². The lowest BCUT2D eigenvalue weighted by atomic mass is 10.00. The molecular weight excluding hydrogens is 396 g/mol. The number of aromatic nitrogens is 3. The SMILES string of the molecule is Cc1ccsc1CN(Cc1ccccn1)C(=O)C(C)c1n[nH]c(=O)c2ccccc12. The summed E-state index contributed by atoms with van der Waals surface area (Å²) in [5.74, 6) is -0.575. The molecule has 1 unspecified atom stereocenters.